The summed E-state index contributed by atoms with van der Waals surface area (Å²) in [7, 11) is 1.91. The monoisotopic (exact) mass is 338 g/mol. The predicted octanol–water partition coefficient (Wildman–Crippen LogP) is 2.42. The van der Waals surface area contributed by atoms with E-state index in [0.717, 1.165) is 24.2 Å². The van der Waals surface area contributed by atoms with Gasteiger partial charge in [-0.05, 0) is 27.6 Å². The van der Waals surface area contributed by atoms with Crippen LogP contribution in [0.15, 0.2) is 34.9 Å². The van der Waals surface area contributed by atoms with Gasteiger partial charge in [0.15, 0.2) is 0 Å². The Labute approximate surface area is 125 Å². The minimum atomic E-state index is -0.386. The molecular weight excluding hydrogens is 324 g/mol. The largest absolute Gasteiger partial charge is 0.312 e. The molecule has 0 fully saturated rings. The Bertz CT molecular complexity index is 612. The zero-order valence-electron chi connectivity index (χ0n) is 11.0. The van der Waals surface area contributed by atoms with E-state index >= 15 is 0 Å². The predicted molar refractivity (Wildman–Crippen MR) is 79.4 cm³/mol. The lowest BCUT2D eigenvalue weighted by Gasteiger charge is -2.07. The maximum atomic E-state index is 10.8. The van der Waals surface area contributed by atoms with Gasteiger partial charge in [-0.25, -0.2) is 0 Å². The fourth-order valence-corrected chi connectivity index (χ4v) is 2.48. The number of hydrogen-bond acceptors (Lipinski definition) is 4. The number of halogens is 1. The average Bonchev–Trinajstić information content (AvgIpc) is 2.81. The highest BCUT2D eigenvalue weighted by Gasteiger charge is 2.14. The number of nitro groups is 1. The van der Waals surface area contributed by atoms with Gasteiger partial charge in [0, 0.05) is 44.5 Å². The standard InChI is InChI=1S/C13H15BrN4O2/c1-17-11(6-8-16-17)5-7-15-9-10-3-2-4-12(13(10)14)18(19)20/h2-4,6,8,15H,5,7,9H2,1H3. The van der Waals surface area contributed by atoms with Crippen LogP contribution in [0.3, 0.4) is 0 Å². The van der Waals surface area contributed by atoms with E-state index in [1.165, 1.54) is 6.07 Å². The molecule has 0 saturated heterocycles. The molecule has 0 aliphatic carbocycles. The molecule has 7 heteroatoms. The zero-order chi connectivity index (χ0) is 14.5. The van der Waals surface area contributed by atoms with Gasteiger partial charge in [-0.3, -0.25) is 14.8 Å². The van der Waals surface area contributed by atoms with E-state index < -0.39 is 0 Å². The van der Waals surface area contributed by atoms with Gasteiger partial charge in [0.25, 0.3) is 5.69 Å². The molecular formula is C13H15BrN4O2. The first kappa shape index (κ1) is 14.7. The van der Waals surface area contributed by atoms with Gasteiger partial charge in [0.1, 0.15) is 0 Å². The summed E-state index contributed by atoms with van der Waals surface area (Å²) in [6.45, 7) is 1.37. The molecule has 20 heavy (non-hydrogen) atoms. The van der Waals surface area contributed by atoms with Gasteiger partial charge in [0.05, 0.1) is 9.40 Å². The molecule has 0 bridgehead atoms. The van der Waals surface area contributed by atoms with Crippen molar-refractivity contribution in [2.45, 2.75) is 13.0 Å². The SMILES string of the molecule is Cn1nccc1CCNCc1cccc([N+](=O)[O-])c1Br. The van der Waals surface area contributed by atoms with Gasteiger partial charge < -0.3 is 5.32 Å². The third kappa shape index (κ3) is 3.43. The van der Waals surface area contributed by atoms with Crippen LogP contribution in [-0.4, -0.2) is 21.2 Å². The fraction of sp³-hybridized carbons (Fsp3) is 0.308. The molecule has 1 heterocycles. The number of nitro benzene ring substituents is 1. The van der Waals surface area contributed by atoms with Gasteiger partial charge in [-0.2, -0.15) is 5.10 Å². The maximum Gasteiger partial charge on any atom is 0.283 e. The van der Waals surface area contributed by atoms with Crippen LogP contribution >= 0.6 is 15.9 Å². The molecule has 0 unspecified atom stereocenters. The highest BCUT2D eigenvalue weighted by molar-refractivity contribution is 9.10. The zero-order valence-corrected chi connectivity index (χ0v) is 12.6. The Morgan fingerprint density at radius 3 is 2.90 bits per heavy atom. The molecule has 0 atom stereocenters. The topological polar surface area (TPSA) is 73.0 Å². The minimum Gasteiger partial charge on any atom is -0.312 e. The Morgan fingerprint density at radius 2 is 2.25 bits per heavy atom. The molecule has 1 aromatic heterocycles. The number of nitrogens with one attached hydrogen (secondary N) is 1. The molecule has 0 radical (unpaired) electrons. The first-order valence-electron chi connectivity index (χ1n) is 6.19. The highest BCUT2D eigenvalue weighted by Crippen LogP contribution is 2.27. The normalized spacial score (nSPS) is 10.7. The van der Waals surface area contributed by atoms with Crippen LogP contribution in [0.5, 0.6) is 0 Å². The quantitative estimate of drug-likeness (QED) is 0.498. The van der Waals surface area contributed by atoms with Gasteiger partial charge in [-0.15, -0.1) is 0 Å². The van der Waals surface area contributed by atoms with Crippen molar-refractivity contribution in [3.8, 4) is 0 Å². The second-order valence-electron chi connectivity index (χ2n) is 4.38. The van der Waals surface area contributed by atoms with Crippen LogP contribution in [-0.2, 0) is 20.0 Å². The van der Waals surface area contributed by atoms with Crippen molar-refractivity contribution in [3.63, 3.8) is 0 Å². The van der Waals surface area contributed by atoms with E-state index in [0.29, 0.717) is 11.0 Å². The van der Waals surface area contributed by atoms with Crippen LogP contribution in [0.4, 0.5) is 5.69 Å². The van der Waals surface area contributed by atoms with Crippen molar-refractivity contribution in [3.05, 3.63) is 56.3 Å². The summed E-state index contributed by atoms with van der Waals surface area (Å²) in [5, 5.41) is 18.2. The smallest absolute Gasteiger partial charge is 0.283 e. The molecule has 6 nitrogen and oxygen atoms in total. The van der Waals surface area contributed by atoms with E-state index in [2.05, 4.69) is 26.3 Å². The molecule has 0 saturated carbocycles. The Hall–Kier alpha value is -1.73. The summed E-state index contributed by atoms with van der Waals surface area (Å²) >= 11 is 3.29. The second kappa shape index (κ2) is 6.62. The van der Waals surface area contributed by atoms with Gasteiger partial charge >= 0.3 is 0 Å². The van der Waals surface area contributed by atoms with Crippen LogP contribution < -0.4 is 5.32 Å². The van der Waals surface area contributed by atoms with Crippen molar-refractivity contribution in [2.24, 2.45) is 7.05 Å². The number of rotatable bonds is 6. The third-order valence-corrected chi connectivity index (χ3v) is 3.97. The summed E-state index contributed by atoms with van der Waals surface area (Å²) in [6, 6.07) is 7.03. The lowest BCUT2D eigenvalue weighted by atomic mass is 10.2. The molecule has 2 aromatic rings. The average molecular weight is 339 g/mol. The lowest BCUT2D eigenvalue weighted by Crippen LogP contribution is -2.18. The van der Waals surface area contributed by atoms with Crippen molar-refractivity contribution >= 4 is 21.6 Å². The molecule has 0 spiro atoms. The van der Waals surface area contributed by atoms with E-state index in [4.69, 9.17) is 0 Å². The number of hydrogen-bond donors (Lipinski definition) is 1. The molecule has 2 rings (SSSR count). The first-order chi connectivity index (χ1) is 9.59. The summed E-state index contributed by atoms with van der Waals surface area (Å²) in [6.07, 6.45) is 2.63. The molecule has 0 amide bonds. The summed E-state index contributed by atoms with van der Waals surface area (Å²) in [4.78, 5) is 10.5. The minimum absolute atomic E-state index is 0.0935. The first-order valence-corrected chi connectivity index (χ1v) is 6.98. The Kier molecular flexibility index (Phi) is 4.86. The van der Waals surface area contributed by atoms with E-state index in [9.17, 15) is 10.1 Å². The lowest BCUT2D eigenvalue weighted by molar-refractivity contribution is -0.385. The summed E-state index contributed by atoms with van der Waals surface area (Å²) in [5.74, 6) is 0. The van der Waals surface area contributed by atoms with E-state index in [1.807, 2.05) is 23.9 Å². The summed E-state index contributed by atoms with van der Waals surface area (Å²) < 4.78 is 2.38. The van der Waals surface area contributed by atoms with Crippen LogP contribution in [0, 0.1) is 10.1 Å². The van der Waals surface area contributed by atoms with Crippen LogP contribution in [0.2, 0.25) is 0 Å². The van der Waals surface area contributed by atoms with Crippen molar-refractivity contribution < 1.29 is 4.92 Å². The molecule has 1 N–H and O–H groups in total. The molecule has 106 valence electrons. The van der Waals surface area contributed by atoms with Crippen molar-refractivity contribution in [2.75, 3.05) is 6.54 Å². The second-order valence-corrected chi connectivity index (χ2v) is 5.17. The molecule has 0 aliphatic rings. The van der Waals surface area contributed by atoms with Gasteiger partial charge in [0.2, 0.25) is 0 Å². The van der Waals surface area contributed by atoms with E-state index in [-0.39, 0.29) is 10.6 Å². The molecule has 0 aliphatic heterocycles. The molecule has 1 aromatic carbocycles. The fourth-order valence-electron chi connectivity index (χ4n) is 1.93. The van der Waals surface area contributed by atoms with Crippen LogP contribution in [0.25, 0.3) is 0 Å². The van der Waals surface area contributed by atoms with E-state index in [1.54, 1.807) is 12.3 Å². The Morgan fingerprint density at radius 1 is 1.45 bits per heavy atom. The number of aromatic nitrogens is 2. The Balaban J connectivity index is 1.90. The highest BCUT2D eigenvalue weighted by atomic mass is 79.9. The number of benzene rings is 1. The number of aryl methyl sites for hydroxylation is 1. The maximum absolute atomic E-state index is 10.8. The van der Waals surface area contributed by atoms with Crippen molar-refractivity contribution in [1.29, 1.82) is 0 Å². The van der Waals surface area contributed by atoms with Gasteiger partial charge in [-0.1, -0.05) is 12.1 Å². The summed E-state index contributed by atoms with van der Waals surface area (Å²) in [5.41, 5.74) is 2.12. The third-order valence-electron chi connectivity index (χ3n) is 3.05. The van der Waals surface area contributed by atoms with Crippen LogP contribution in [0.1, 0.15) is 11.3 Å². The number of nitrogens with zero attached hydrogens (tertiary/aromatic N) is 3. The van der Waals surface area contributed by atoms with Crippen molar-refractivity contribution in [1.82, 2.24) is 15.1 Å².